The van der Waals surface area contributed by atoms with Gasteiger partial charge < -0.3 is 19.2 Å². The van der Waals surface area contributed by atoms with Crippen LogP contribution in [0.25, 0.3) is 5.69 Å². The van der Waals surface area contributed by atoms with Crippen LogP contribution in [0.1, 0.15) is 23.2 Å². The molecule has 1 N–H and O–H groups in total. The third kappa shape index (κ3) is 5.10. The van der Waals surface area contributed by atoms with Crippen LogP contribution in [0.15, 0.2) is 64.0 Å². The van der Waals surface area contributed by atoms with Crippen LogP contribution in [0, 0.1) is 0 Å². The molecule has 9 nitrogen and oxygen atoms in total. The Balaban J connectivity index is 1.79. The molecule has 29 heavy (non-hydrogen) atoms. The first-order valence-corrected chi connectivity index (χ1v) is 8.87. The second-order valence-electron chi connectivity index (χ2n) is 5.81. The number of carbonyl (C=O) groups excluding carboxylic acids is 2. The minimum absolute atomic E-state index is 0.119. The minimum atomic E-state index is -0.761. The van der Waals surface area contributed by atoms with E-state index in [0.29, 0.717) is 11.4 Å². The summed E-state index contributed by atoms with van der Waals surface area (Å²) in [5.41, 5.74) is -0.241. The molecule has 0 saturated heterocycles. The number of esters is 1. The number of ether oxygens (including phenoxy) is 2. The van der Waals surface area contributed by atoms with Crippen molar-refractivity contribution in [2.45, 2.75) is 13.5 Å². The number of furan rings is 1. The number of para-hydroxylation sites is 1. The number of nitrogens with zero attached hydrogens (tertiary/aromatic N) is 2. The molecule has 0 aliphatic heterocycles. The van der Waals surface area contributed by atoms with Crippen molar-refractivity contribution in [1.29, 1.82) is 0 Å². The van der Waals surface area contributed by atoms with Gasteiger partial charge in [0, 0.05) is 0 Å². The Labute approximate surface area is 165 Å². The van der Waals surface area contributed by atoms with E-state index in [9.17, 15) is 14.4 Å². The summed E-state index contributed by atoms with van der Waals surface area (Å²) in [4.78, 5) is 36.7. The molecule has 0 atom stereocenters. The molecule has 3 aromatic rings. The van der Waals surface area contributed by atoms with Gasteiger partial charge >= 0.3 is 5.97 Å². The van der Waals surface area contributed by atoms with Gasteiger partial charge in [0.25, 0.3) is 11.5 Å². The zero-order chi connectivity index (χ0) is 20.6. The second-order valence-corrected chi connectivity index (χ2v) is 5.81. The highest BCUT2D eigenvalue weighted by atomic mass is 16.5. The Morgan fingerprint density at radius 1 is 1.17 bits per heavy atom. The van der Waals surface area contributed by atoms with Gasteiger partial charge in [-0.05, 0) is 31.2 Å². The zero-order valence-corrected chi connectivity index (χ0v) is 15.7. The first-order chi connectivity index (χ1) is 14.1. The maximum absolute atomic E-state index is 12.5. The lowest BCUT2D eigenvalue weighted by Crippen LogP contribution is -2.30. The molecule has 150 valence electrons. The molecular formula is C20H19N3O6. The van der Waals surface area contributed by atoms with Gasteiger partial charge in [-0.2, -0.15) is 9.78 Å². The van der Waals surface area contributed by atoms with Crippen molar-refractivity contribution in [2.24, 2.45) is 0 Å². The number of nitrogens with one attached hydrogen (secondary N) is 1. The van der Waals surface area contributed by atoms with Crippen molar-refractivity contribution in [1.82, 2.24) is 15.1 Å². The summed E-state index contributed by atoms with van der Waals surface area (Å²) in [6.45, 7) is 1.54. The average Bonchev–Trinajstić information content (AvgIpc) is 3.25. The predicted molar refractivity (Wildman–Crippen MR) is 102 cm³/mol. The van der Waals surface area contributed by atoms with Crippen molar-refractivity contribution in [3.05, 3.63) is 76.6 Å². The quantitative estimate of drug-likeness (QED) is 0.576. The van der Waals surface area contributed by atoms with Gasteiger partial charge in [-0.1, -0.05) is 18.2 Å². The number of amides is 1. The molecule has 0 radical (unpaired) electrons. The van der Waals surface area contributed by atoms with Crippen LogP contribution in [-0.4, -0.2) is 34.9 Å². The van der Waals surface area contributed by atoms with Crippen LogP contribution < -0.4 is 15.6 Å². The minimum Gasteiger partial charge on any atom is -0.481 e. The molecule has 2 aromatic heterocycles. The monoisotopic (exact) mass is 397 g/mol. The number of benzene rings is 1. The normalized spacial score (nSPS) is 10.4. The number of rotatable bonds is 8. The van der Waals surface area contributed by atoms with Gasteiger partial charge in [-0.15, -0.1) is 0 Å². The standard InChI is InChI=1S/C20H19N3O6/c1-2-27-20(26)19-16(29-13-17(24)21-12-15-9-6-10-28-15)11-18(25)23(22-19)14-7-4-3-5-8-14/h3-11H,2,12-13H2,1H3,(H,21,24). The van der Waals surface area contributed by atoms with Crippen molar-refractivity contribution in [2.75, 3.05) is 13.2 Å². The highest BCUT2D eigenvalue weighted by molar-refractivity contribution is 5.90. The van der Waals surface area contributed by atoms with E-state index in [1.54, 1.807) is 49.4 Å². The summed E-state index contributed by atoms with van der Waals surface area (Å²) in [5, 5.41) is 6.69. The van der Waals surface area contributed by atoms with Crippen LogP contribution in [-0.2, 0) is 16.1 Å². The SMILES string of the molecule is CCOC(=O)c1nn(-c2ccccc2)c(=O)cc1OCC(=O)NCc1ccco1. The Kier molecular flexibility index (Phi) is 6.41. The highest BCUT2D eigenvalue weighted by Gasteiger charge is 2.20. The number of hydrogen-bond donors (Lipinski definition) is 1. The van der Waals surface area contributed by atoms with Gasteiger partial charge in [-0.3, -0.25) is 9.59 Å². The Bertz CT molecular complexity index is 1030. The summed E-state index contributed by atoms with van der Waals surface area (Å²) in [6.07, 6.45) is 1.50. The van der Waals surface area contributed by atoms with Crippen LogP contribution in [0.2, 0.25) is 0 Å². The fourth-order valence-corrected chi connectivity index (χ4v) is 2.44. The molecule has 1 amide bonds. The first-order valence-electron chi connectivity index (χ1n) is 8.87. The molecule has 0 unspecified atom stereocenters. The number of aromatic nitrogens is 2. The fourth-order valence-electron chi connectivity index (χ4n) is 2.44. The average molecular weight is 397 g/mol. The summed E-state index contributed by atoms with van der Waals surface area (Å²) in [5.74, 6) is -0.766. The van der Waals surface area contributed by atoms with E-state index in [0.717, 1.165) is 10.7 Å². The fraction of sp³-hybridized carbons (Fsp3) is 0.200. The second kappa shape index (κ2) is 9.36. The summed E-state index contributed by atoms with van der Waals surface area (Å²) >= 11 is 0. The Morgan fingerprint density at radius 3 is 2.66 bits per heavy atom. The van der Waals surface area contributed by atoms with Crippen LogP contribution in [0.4, 0.5) is 0 Å². The zero-order valence-electron chi connectivity index (χ0n) is 15.7. The lowest BCUT2D eigenvalue weighted by molar-refractivity contribution is -0.123. The van der Waals surface area contributed by atoms with Gasteiger partial charge in [0.15, 0.2) is 12.4 Å². The van der Waals surface area contributed by atoms with Crippen molar-refractivity contribution in [3.63, 3.8) is 0 Å². The van der Waals surface area contributed by atoms with Crippen LogP contribution >= 0.6 is 0 Å². The summed E-state index contributed by atoms with van der Waals surface area (Å²) in [7, 11) is 0. The van der Waals surface area contributed by atoms with Crippen LogP contribution in [0.5, 0.6) is 5.75 Å². The summed E-state index contributed by atoms with van der Waals surface area (Å²) < 4.78 is 16.6. The summed E-state index contributed by atoms with van der Waals surface area (Å²) in [6, 6.07) is 13.1. The van der Waals surface area contributed by atoms with Crippen molar-refractivity contribution >= 4 is 11.9 Å². The largest absolute Gasteiger partial charge is 0.481 e. The smallest absolute Gasteiger partial charge is 0.362 e. The van der Waals surface area contributed by atoms with E-state index in [2.05, 4.69) is 10.4 Å². The van der Waals surface area contributed by atoms with E-state index >= 15 is 0 Å². The Morgan fingerprint density at radius 2 is 1.97 bits per heavy atom. The molecule has 0 saturated carbocycles. The lowest BCUT2D eigenvalue weighted by atomic mass is 10.3. The van der Waals surface area contributed by atoms with E-state index in [1.807, 2.05) is 0 Å². The van der Waals surface area contributed by atoms with Gasteiger partial charge in [0.1, 0.15) is 5.76 Å². The molecule has 0 bridgehead atoms. The van der Waals surface area contributed by atoms with Crippen molar-refractivity contribution in [3.8, 4) is 11.4 Å². The molecule has 0 aliphatic rings. The van der Waals surface area contributed by atoms with Crippen molar-refractivity contribution < 1.29 is 23.5 Å². The molecule has 0 aliphatic carbocycles. The van der Waals surface area contributed by atoms with E-state index in [-0.39, 0.29) is 24.6 Å². The topological polar surface area (TPSA) is 113 Å². The first kappa shape index (κ1) is 19.9. The maximum atomic E-state index is 12.5. The third-order valence-corrected chi connectivity index (χ3v) is 3.76. The molecule has 3 rings (SSSR count). The van der Waals surface area contributed by atoms with E-state index in [1.165, 1.54) is 6.26 Å². The Hall–Kier alpha value is -3.88. The molecule has 2 heterocycles. The van der Waals surface area contributed by atoms with Crippen LogP contribution in [0.3, 0.4) is 0 Å². The van der Waals surface area contributed by atoms with Gasteiger partial charge in [-0.25, -0.2) is 4.79 Å². The van der Waals surface area contributed by atoms with Gasteiger partial charge in [0.2, 0.25) is 5.69 Å². The lowest BCUT2D eigenvalue weighted by Gasteiger charge is -2.12. The molecule has 9 heteroatoms. The molecule has 0 fully saturated rings. The number of carbonyl (C=O) groups is 2. The third-order valence-electron chi connectivity index (χ3n) is 3.76. The maximum Gasteiger partial charge on any atom is 0.362 e. The molecule has 0 spiro atoms. The van der Waals surface area contributed by atoms with E-state index < -0.39 is 24.0 Å². The van der Waals surface area contributed by atoms with Gasteiger partial charge in [0.05, 0.1) is 31.2 Å². The number of hydrogen-bond acceptors (Lipinski definition) is 7. The molecular weight excluding hydrogens is 378 g/mol. The highest BCUT2D eigenvalue weighted by Crippen LogP contribution is 2.16. The molecule has 1 aromatic carbocycles. The van der Waals surface area contributed by atoms with E-state index in [4.69, 9.17) is 13.9 Å². The predicted octanol–water partition coefficient (Wildman–Crippen LogP) is 1.70.